The second-order valence-electron chi connectivity index (χ2n) is 4.85. The fourth-order valence-corrected chi connectivity index (χ4v) is 2.38. The monoisotopic (exact) mass is 273 g/mol. The van der Waals surface area contributed by atoms with Gasteiger partial charge in [0.25, 0.3) is 0 Å². The summed E-state index contributed by atoms with van der Waals surface area (Å²) in [6.07, 6.45) is 2.55. The van der Waals surface area contributed by atoms with Crippen LogP contribution < -0.4 is 4.74 Å². The zero-order chi connectivity index (χ0) is 13.6. The number of rotatable bonds is 5. The van der Waals surface area contributed by atoms with Crippen LogP contribution in [0.4, 0.5) is 0 Å². The highest BCUT2D eigenvalue weighted by molar-refractivity contribution is 5.82. The Balaban J connectivity index is 1.52. The number of morpholine rings is 1. The number of hydrogen-bond donors (Lipinski definition) is 0. The molecule has 0 atom stereocenters. The number of para-hydroxylation sites is 1. The molecule has 0 spiro atoms. The Morgan fingerprint density at radius 1 is 1.15 bits per heavy atom. The minimum atomic E-state index is 0.678. The number of aromatic nitrogens is 2. The molecule has 106 valence electrons. The van der Waals surface area contributed by atoms with Gasteiger partial charge in [-0.3, -0.25) is 4.90 Å². The number of hydrogen-bond acceptors (Lipinski definition) is 5. The Hall–Kier alpha value is -1.72. The van der Waals surface area contributed by atoms with Crippen molar-refractivity contribution < 1.29 is 9.47 Å². The van der Waals surface area contributed by atoms with E-state index in [2.05, 4.69) is 14.9 Å². The predicted molar refractivity (Wildman–Crippen MR) is 76.9 cm³/mol. The van der Waals surface area contributed by atoms with E-state index in [1.54, 1.807) is 6.33 Å². The molecule has 1 aliphatic heterocycles. The zero-order valence-corrected chi connectivity index (χ0v) is 11.5. The van der Waals surface area contributed by atoms with Crippen LogP contribution in [0.2, 0.25) is 0 Å². The Labute approximate surface area is 118 Å². The molecule has 1 aliphatic rings. The largest absolute Gasteiger partial charge is 0.477 e. The summed E-state index contributed by atoms with van der Waals surface area (Å²) in [6, 6.07) is 7.91. The lowest BCUT2D eigenvalue weighted by Crippen LogP contribution is -2.37. The Kier molecular flexibility index (Phi) is 4.40. The van der Waals surface area contributed by atoms with Gasteiger partial charge >= 0.3 is 0 Å². The first-order valence-corrected chi connectivity index (χ1v) is 7.06. The molecular formula is C15H19N3O2. The van der Waals surface area contributed by atoms with Gasteiger partial charge in [-0.25, -0.2) is 9.97 Å². The molecule has 1 aromatic heterocycles. The summed E-state index contributed by atoms with van der Waals surface area (Å²) in [5.41, 5.74) is 0.922. The number of benzene rings is 1. The van der Waals surface area contributed by atoms with Gasteiger partial charge in [-0.05, 0) is 18.6 Å². The van der Waals surface area contributed by atoms with Crippen LogP contribution in [0.5, 0.6) is 5.88 Å². The third-order valence-corrected chi connectivity index (χ3v) is 3.47. The lowest BCUT2D eigenvalue weighted by atomic mass is 10.2. The molecule has 3 rings (SSSR count). The summed E-state index contributed by atoms with van der Waals surface area (Å²) in [4.78, 5) is 10.9. The van der Waals surface area contributed by atoms with Crippen molar-refractivity contribution in [3.8, 4) is 5.88 Å². The van der Waals surface area contributed by atoms with E-state index in [1.807, 2.05) is 24.3 Å². The number of ether oxygens (including phenoxy) is 2. The molecule has 0 saturated carbocycles. The molecule has 0 aliphatic carbocycles. The minimum absolute atomic E-state index is 0.678. The van der Waals surface area contributed by atoms with Gasteiger partial charge in [0, 0.05) is 19.6 Å². The van der Waals surface area contributed by atoms with Gasteiger partial charge in [0.1, 0.15) is 6.33 Å². The fraction of sp³-hybridized carbons (Fsp3) is 0.467. The normalized spacial score (nSPS) is 16.4. The second kappa shape index (κ2) is 6.63. The van der Waals surface area contributed by atoms with Crippen LogP contribution >= 0.6 is 0 Å². The van der Waals surface area contributed by atoms with Gasteiger partial charge in [0.2, 0.25) is 5.88 Å². The summed E-state index contributed by atoms with van der Waals surface area (Å²) < 4.78 is 11.1. The first kappa shape index (κ1) is 13.3. The Morgan fingerprint density at radius 2 is 2.00 bits per heavy atom. The van der Waals surface area contributed by atoms with E-state index in [0.29, 0.717) is 12.5 Å². The summed E-state index contributed by atoms with van der Waals surface area (Å²) in [5.74, 6) is 0.678. The molecular weight excluding hydrogens is 254 g/mol. The van der Waals surface area contributed by atoms with Gasteiger partial charge in [0.15, 0.2) is 0 Å². The van der Waals surface area contributed by atoms with E-state index in [4.69, 9.17) is 9.47 Å². The maximum atomic E-state index is 5.80. The molecule has 20 heavy (non-hydrogen) atoms. The topological polar surface area (TPSA) is 47.5 Å². The van der Waals surface area contributed by atoms with Crippen LogP contribution in [0.25, 0.3) is 10.9 Å². The van der Waals surface area contributed by atoms with Gasteiger partial charge in [-0.1, -0.05) is 12.1 Å². The molecule has 2 aromatic rings. The van der Waals surface area contributed by atoms with Gasteiger partial charge in [0.05, 0.1) is 30.7 Å². The zero-order valence-electron chi connectivity index (χ0n) is 11.5. The van der Waals surface area contributed by atoms with Crippen LogP contribution in [0.15, 0.2) is 30.6 Å². The molecule has 0 amide bonds. The van der Waals surface area contributed by atoms with Crippen molar-refractivity contribution in [2.45, 2.75) is 6.42 Å². The molecule has 5 nitrogen and oxygen atoms in total. The van der Waals surface area contributed by atoms with Crippen molar-refractivity contribution in [1.29, 1.82) is 0 Å². The van der Waals surface area contributed by atoms with Gasteiger partial charge in [-0.2, -0.15) is 0 Å². The highest BCUT2D eigenvalue weighted by Gasteiger charge is 2.10. The standard InChI is InChI=1S/C15H19N3O2/c1-2-5-14-13(4-1)15(17-12-16-14)20-9-3-6-18-7-10-19-11-8-18/h1-2,4-5,12H,3,6-11H2. The van der Waals surface area contributed by atoms with E-state index < -0.39 is 0 Å². The average molecular weight is 273 g/mol. The molecule has 1 aromatic carbocycles. The quantitative estimate of drug-likeness (QED) is 0.776. The SMILES string of the molecule is c1ccc2c(OCCCN3CCOCC3)ncnc2c1. The molecule has 5 heteroatoms. The van der Waals surface area contributed by atoms with Crippen molar-refractivity contribution in [2.75, 3.05) is 39.5 Å². The molecule has 0 N–H and O–H groups in total. The third-order valence-electron chi connectivity index (χ3n) is 3.47. The highest BCUT2D eigenvalue weighted by atomic mass is 16.5. The van der Waals surface area contributed by atoms with Crippen LogP contribution in [-0.4, -0.2) is 54.3 Å². The van der Waals surface area contributed by atoms with Crippen molar-refractivity contribution >= 4 is 10.9 Å². The van der Waals surface area contributed by atoms with E-state index in [0.717, 1.165) is 50.2 Å². The fourth-order valence-electron chi connectivity index (χ4n) is 2.38. The number of fused-ring (bicyclic) bond motifs is 1. The molecule has 0 bridgehead atoms. The number of nitrogens with zero attached hydrogens (tertiary/aromatic N) is 3. The minimum Gasteiger partial charge on any atom is -0.477 e. The first-order chi connectivity index (χ1) is 9.93. The van der Waals surface area contributed by atoms with Crippen molar-refractivity contribution in [1.82, 2.24) is 14.9 Å². The lowest BCUT2D eigenvalue weighted by Gasteiger charge is -2.26. The van der Waals surface area contributed by atoms with E-state index in [9.17, 15) is 0 Å². The van der Waals surface area contributed by atoms with Crippen LogP contribution in [-0.2, 0) is 4.74 Å². The van der Waals surface area contributed by atoms with Crippen molar-refractivity contribution in [3.63, 3.8) is 0 Å². The summed E-state index contributed by atoms with van der Waals surface area (Å²) in [6.45, 7) is 5.46. The van der Waals surface area contributed by atoms with Crippen molar-refractivity contribution in [2.24, 2.45) is 0 Å². The molecule has 2 heterocycles. The van der Waals surface area contributed by atoms with E-state index in [1.165, 1.54) is 0 Å². The van der Waals surface area contributed by atoms with Gasteiger partial charge in [-0.15, -0.1) is 0 Å². The molecule has 0 radical (unpaired) electrons. The molecule has 0 unspecified atom stereocenters. The van der Waals surface area contributed by atoms with Crippen LogP contribution in [0, 0.1) is 0 Å². The average Bonchev–Trinajstić information content (AvgIpc) is 2.53. The highest BCUT2D eigenvalue weighted by Crippen LogP contribution is 2.20. The molecule has 1 saturated heterocycles. The maximum Gasteiger partial charge on any atom is 0.224 e. The molecule has 1 fully saturated rings. The van der Waals surface area contributed by atoms with Crippen LogP contribution in [0.3, 0.4) is 0 Å². The second-order valence-corrected chi connectivity index (χ2v) is 4.85. The van der Waals surface area contributed by atoms with Crippen molar-refractivity contribution in [3.05, 3.63) is 30.6 Å². The van der Waals surface area contributed by atoms with Crippen LogP contribution in [0.1, 0.15) is 6.42 Å². The summed E-state index contributed by atoms with van der Waals surface area (Å²) in [5, 5.41) is 0.973. The lowest BCUT2D eigenvalue weighted by molar-refractivity contribution is 0.0357. The van der Waals surface area contributed by atoms with Gasteiger partial charge < -0.3 is 9.47 Å². The Morgan fingerprint density at radius 3 is 2.90 bits per heavy atom. The smallest absolute Gasteiger partial charge is 0.224 e. The summed E-state index contributed by atoms with van der Waals surface area (Å²) in [7, 11) is 0. The third kappa shape index (κ3) is 3.23. The first-order valence-electron chi connectivity index (χ1n) is 7.06. The van der Waals surface area contributed by atoms with E-state index >= 15 is 0 Å². The maximum absolute atomic E-state index is 5.80. The summed E-state index contributed by atoms with van der Waals surface area (Å²) >= 11 is 0. The Bertz CT molecular complexity index is 550. The predicted octanol–water partition coefficient (Wildman–Crippen LogP) is 1.73. The van der Waals surface area contributed by atoms with E-state index in [-0.39, 0.29) is 0 Å².